The van der Waals surface area contributed by atoms with Gasteiger partial charge in [0.1, 0.15) is 0 Å². The van der Waals surface area contributed by atoms with Gasteiger partial charge in [0.2, 0.25) is 0 Å². The van der Waals surface area contributed by atoms with Crippen LogP contribution in [0.4, 0.5) is 0 Å². The molecule has 0 radical (unpaired) electrons. The van der Waals surface area contributed by atoms with Gasteiger partial charge in [-0.2, -0.15) is 0 Å². The van der Waals surface area contributed by atoms with E-state index in [-0.39, 0.29) is 17.9 Å². The summed E-state index contributed by atoms with van der Waals surface area (Å²) in [5, 5.41) is 0. The fraction of sp³-hybridized carbons (Fsp3) is 0.467. The number of carbonyl (C=O) groups excluding carboxylic acids is 2. The van der Waals surface area contributed by atoms with Gasteiger partial charge in [-0.3, -0.25) is 9.69 Å². The van der Waals surface area contributed by atoms with E-state index in [9.17, 15) is 9.59 Å². The summed E-state index contributed by atoms with van der Waals surface area (Å²) < 4.78 is 9.48. The molecule has 0 spiro atoms. The van der Waals surface area contributed by atoms with Crippen LogP contribution < -0.4 is 0 Å². The fourth-order valence-electron chi connectivity index (χ4n) is 2.51. The molecule has 1 saturated heterocycles. The van der Waals surface area contributed by atoms with Gasteiger partial charge >= 0.3 is 11.9 Å². The van der Waals surface area contributed by atoms with Crippen LogP contribution in [0.1, 0.15) is 22.3 Å². The summed E-state index contributed by atoms with van der Waals surface area (Å²) in [6.07, 6.45) is 0.823. The predicted octanol–water partition coefficient (Wildman–Crippen LogP) is 1.47. The second kappa shape index (κ2) is 6.52. The number of hydrogen-bond acceptors (Lipinski definition) is 5. The Morgan fingerprint density at radius 1 is 1.30 bits per heavy atom. The number of hydrogen-bond donors (Lipinski definition) is 0. The zero-order valence-corrected chi connectivity index (χ0v) is 11.8. The molecule has 1 atom stereocenters. The number of methoxy groups -OCH3 is 2. The summed E-state index contributed by atoms with van der Waals surface area (Å²) in [4.78, 5) is 25.2. The lowest BCUT2D eigenvalue weighted by atomic mass is 10.1. The zero-order valence-electron chi connectivity index (χ0n) is 11.8. The van der Waals surface area contributed by atoms with Crippen LogP contribution in [0.2, 0.25) is 0 Å². The SMILES string of the molecule is COC(=O)c1cccc(CN2CCC(C(=O)OC)C2)c1. The number of carbonyl (C=O) groups is 2. The van der Waals surface area contributed by atoms with Crippen molar-refractivity contribution in [3.05, 3.63) is 35.4 Å². The van der Waals surface area contributed by atoms with Gasteiger partial charge in [-0.1, -0.05) is 12.1 Å². The Hall–Kier alpha value is -1.88. The number of benzene rings is 1. The predicted molar refractivity (Wildman–Crippen MR) is 73.2 cm³/mol. The van der Waals surface area contributed by atoms with E-state index in [1.54, 1.807) is 6.07 Å². The molecule has 0 amide bonds. The molecule has 2 rings (SSSR count). The van der Waals surface area contributed by atoms with Crippen LogP contribution in [0, 0.1) is 5.92 Å². The fourth-order valence-corrected chi connectivity index (χ4v) is 2.51. The summed E-state index contributed by atoms with van der Waals surface area (Å²) in [6.45, 7) is 2.29. The normalized spacial score (nSPS) is 18.8. The summed E-state index contributed by atoms with van der Waals surface area (Å²) >= 11 is 0. The van der Waals surface area contributed by atoms with Crippen molar-refractivity contribution in [3.8, 4) is 0 Å². The molecule has 1 unspecified atom stereocenters. The average Bonchev–Trinajstić information content (AvgIpc) is 2.94. The standard InChI is InChI=1S/C15H19NO4/c1-19-14(17)12-5-3-4-11(8-12)9-16-7-6-13(10-16)15(18)20-2/h3-5,8,13H,6-7,9-10H2,1-2H3. The van der Waals surface area contributed by atoms with Crippen molar-refractivity contribution in [2.24, 2.45) is 5.92 Å². The monoisotopic (exact) mass is 277 g/mol. The molecule has 0 saturated carbocycles. The Balaban J connectivity index is 1.98. The number of likely N-dealkylation sites (tertiary alicyclic amines) is 1. The minimum absolute atomic E-state index is 0.0382. The Kier molecular flexibility index (Phi) is 4.74. The van der Waals surface area contributed by atoms with Crippen LogP contribution in [0.25, 0.3) is 0 Å². The third-order valence-corrected chi connectivity index (χ3v) is 3.56. The number of ether oxygens (including phenoxy) is 2. The first-order chi connectivity index (χ1) is 9.63. The number of rotatable bonds is 4. The molecule has 0 aromatic heterocycles. The first kappa shape index (κ1) is 14.5. The molecule has 1 fully saturated rings. The molecule has 5 nitrogen and oxygen atoms in total. The Morgan fingerprint density at radius 2 is 2.10 bits per heavy atom. The molecule has 1 aromatic carbocycles. The Morgan fingerprint density at radius 3 is 2.80 bits per heavy atom. The van der Waals surface area contributed by atoms with Crippen molar-refractivity contribution in [1.29, 1.82) is 0 Å². The Bertz CT molecular complexity index is 500. The smallest absolute Gasteiger partial charge is 0.337 e. The number of nitrogens with zero attached hydrogens (tertiary/aromatic N) is 1. The van der Waals surface area contributed by atoms with Gasteiger partial charge in [-0.15, -0.1) is 0 Å². The van der Waals surface area contributed by atoms with Gasteiger partial charge in [0.15, 0.2) is 0 Å². The molecule has 0 aliphatic carbocycles. The lowest BCUT2D eigenvalue weighted by molar-refractivity contribution is -0.144. The summed E-state index contributed by atoms with van der Waals surface area (Å²) in [6, 6.07) is 7.38. The van der Waals surface area contributed by atoms with E-state index < -0.39 is 0 Å². The third-order valence-electron chi connectivity index (χ3n) is 3.56. The van der Waals surface area contributed by atoms with Crippen molar-refractivity contribution < 1.29 is 19.1 Å². The van der Waals surface area contributed by atoms with Crippen molar-refractivity contribution in [1.82, 2.24) is 4.90 Å². The maximum absolute atomic E-state index is 11.5. The van der Waals surface area contributed by atoms with Crippen LogP contribution in [-0.4, -0.2) is 44.1 Å². The van der Waals surface area contributed by atoms with E-state index in [1.807, 2.05) is 18.2 Å². The van der Waals surface area contributed by atoms with E-state index in [1.165, 1.54) is 14.2 Å². The summed E-state index contributed by atoms with van der Waals surface area (Å²) in [5.41, 5.74) is 1.59. The first-order valence-electron chi connectivity index (χ1n) is 6.61. The maximum Gasteiger partial charge on any atom is 0.337 e. The van der Waals surface area contributed by atoms with E-state index in [2.05, 4.69) is 4.90 Å². The Labute approximate surface area is 118 Å². The van der Waals surface area contributed by atoms with Gasteiger partial charge in [0, 0.05) is 13.1 Å². The van der Waals surface area contributed by atoms with Crippen molar-refractivity contribution in [3.63, 3.8) is 0 Å². The van der Waals surface area contributed by atoms with Crippen LogP contribution >= 0.6 is 0 Å². The van der Waals surface area contributed by atoms with Gasteiger partial charge in [0.25, 0.3) is 0 Å². The molecule has 108 valence electrons. The van der Waals surface area contributed by atoms with Crippen molar-refractivity contribution in [2.75, 3.05) is 27.3 Å². The van der Waals surface area contributed by atoms with Gasteiger partial charge in [-0.25, -0.2) is 4.79 Å². The van der Waals surface area contributed by atoms with Crippen LogP contribution in [0.5, 0.6) is 0 Å². The third kappa shape index (κ3) is 3.36. The van der Waals surface area contributed by atoms with Crippen LogP contribution in [-0.2, 0) is 20.8 Å². The van der Waals surface area contributed by atoms with E-state index >= 15 is 0 Å². The summed E-state index contributed by atoms with van der Waals surface area (Å²) in [7, 11) is 2.79. The molecule has 1 aromatic rings. The van der Waals surface area contributed by atoms with Crippen LogP contribution in [0.3, 0.4) is 0 Å². The molecule has 1 aliphatic heterocycles. The maximum atomic E-state index is 11.5. The van der Waals surface area contributed by atoms with E-state index in [4.69, 9.17) is 9.47 Å². The molecule has 20 heavy (non-hydrogen) atoms. The largest absolute Gasteiger partial charge is 0.469 e. The number of esters is 2. The molecule has 0 N–H and O–H groups in total. The molecule has 1 heterocycles. The minimum Gasteiger partial charge on any atom is -0.469 e. The molecule has 0 bridgehead atoms. The van der Waals surface area contributed by atoms with E-state index in [0.29, 0.717) is 12.1 Å². The molecular weight excluding hydrogens is 258 g/mol. The average molecular weight is 277 g/mol. The molecular formula is C15H19NO4. The topological polar surface area (TPSA) is 55.8 Å². The zero-order chi connectivity index (χ0) is 14.5. The van der Waals surface area contributed by atoms with Gasteiger partial charge in [-0.05, 0) is 30.7 Å². The molecule has 1 aliphatic rings. The van der Waals surface area contributed by atoms with Crippen molar-refractivity contribution in [2.45, 2.75) is 13.0 Å². The van der Waals surface area contributed by atoms with Crippen molar-refractivity contribution >= 4 is 11.9 Å². The second-order valence-corrected chi connectivity index (χ2v) is 4.94. The highest BCUT2D eigenvalue weighted by Crippen LogP contribution is 2.20. The highest BCUT2D eigenvalue weighted by Gasteiger charge is 2.28. The second-order valence-electron chi connectivity index (χ2n) is 4.94. The molecule has 5 heteroatoms. The van der Waals surface area contributed by atoms with Gasteiger partial charge in [0.05, 0.1) is 25.7 Å². The highest BCUT2D eigenvalue weighted by atomic mass is 16.5. The van der Waals surface area contributed by atoms with Crippen LogP contribution in [0.15, 0.2) is 24.3 Å². The first-order valence-corrected chi connectivity index (χ1v) is 6.61. The van der Waals surface area contributed by atoms with Gasteiger partial charge < -0.3 is 9.47 Å². The summed E-state index contributed by atoms with van der Waals surface area (Å²) in [5.74, 6) is -0.514. The highest BCUT2D eigenvalue weighted by molar-refractivity contribution is 5.89. The minimum atomic E-state index is -0.333. The van der Waals surface area contributed by atoms with E-state index in [0.717, 1.165) is 25.1 Å². The quantitative estimate of drug-likeness (QED) is 0.780. The lowest BCUT2D eigenvalue weighted by Gasteiger charge is -2.15. The lowest BCUT2D eigenvalue weighted by Crippen LogP contribution is -2.23.